The van der Waals surface area contributed by atoms with Gasteiger partial charge in [0.1, 0.15) is 20.8 Å². The normalized spacial score (nSPS) is 11.4. The van der Waals surface area contributed by atoms with E-state index in [0.717, 1.165) is 0 Å². The van der Waals surface area contributed by atoms with Crippen molar-refractivity contribution in [3.63, 3.8) is 0 Å². The summed E-state index contributed by atoms with van der Waals surface area (Å²) in [5.74, 6) is 0.611. The zero-order valence-electron chi connectivity index (χ0n) is 9.01. The number of nitrogen functional groups attached to an aromatic ring is 1. The van der Waals surface area contributed by atoms with Gasteiger partial charge in [-0.25, -0.2) is 13.4 Å². The predicted molar refractivity (Wildman–Crippen MR) is 64.4 cm³/mol. The molecule has 0 unspecified atom stereocenters. The molecule has 0 spiro atoms. The lowest BCUT2D eigenvalue weighted by Crippen LogP contribution is -2.26. The SMILES string of the molecule is CN(CCS(C)(=O)=O)c1cc(Cl)nc(N)n1. The van der Waals surface area contributed by atoms with Crippen LogP contribution in [0.5, 0.6) is 0 Å². The molecule has 1 heterocycles. The third-order valence-electron chi connectivity index (χ3n) is 1.89. The molecule has 0 radical (unpaired) electrons. The van der Waals surface area contributed by atoms with Crippen LogP contribution < -0.4 is 10.6 Å². The molecule has 1 rings (SSSR count). The smallest absolute Gasteiger partial charge is 0.223 e. The number of hydrogen-bond acceptors (Lipinski definition) is 6. The molecule has 0 amide bonds. The van der Waals surface area contributed by atoms with Crippen LogP contribution in [0.15, 0.2) is 6.07 Å². The zero-order valence-corrected chi connectivity index (χ0v) is 10.6. The van der Waals surface area contributed by atoms with Crippen molar-refractivity contribution >= 4 is 33.2 Å². The summed E-state index contributed by atoms with van der Waals surface area (Å²) in [7, 11) is -1.29. The van der Waals surface area contributed by atoms with Crippen LogP contribution in [0.1, 0.15) is 0 Å². The number of rotatable bonds is 4. The van der Waals surface area contributed by atoms with Gasteiger partial charge in [-0.05, 0) is 0 Å². The van der Waals surface area contributed by atoms with Crippen LogP contribution in [-0.4, -0.2) is 44.0 Å². The predicted octanol–water partition coefficient (Wildman–Crippen LogP) is 0.193. The molecule has 6 nitrogen and oxygen atoms in total. The highest BCUT2D eigenvalue weighted by Crippen LogP contribution is 2.15. The summed E-state index contributed by atoms with van der Waals surface area (Å²) in [4.78, 5) is 9.32. The van der Waals surface area contributed by atoms with Gasteiger partial charge in [-0.15, -0.1) is 0 Å². The quantitative estimate of drug-likeness (QED) is 0.781. The van der Waals surface area contributed by atoms with Crippen molar-refractivity contribution in [2.45, 2.75) is 0 Å². The Morgan fingerprint density at radius 2 is 2.12 bits per heavy atom. The van der Waals surface area contributed by atoms with Crippen molar-refractivity contribution in [1.29, 1.82) is 0 Å². The standard InChI is InChI=1S/C8H13ClN4O2S/c1-13(3-4-16(2,14)15)7-5-6(9)11-8(10)12-7/h5H,3-4H2,1-2H3,(H2,10,11,12). The van der Waals surface area contributed by atoms with Crippen molar-refractivity contribution in [3.8, 4) is 0 Å². The van der Waals surface area contributed by atoms with Gasteiger partial charge in [0.2, 0.25) is 5.95 Å². The second-order valence-electron chi connectivity index (χ2n) is 3.46. The van der Waals surface area contributed by atoms with Crippen molar-refractivity contribution in [2.24, 2.45) is 0 Å². The minimum atomic E-state index is -3.00. The summed E-state index contributed by atoms with van der Waals surface area (Å²) in [6, 6.07) is 1.53. The van der Waals surface area contributed by atoms with E-state index in [1.54, 1.807) is 11.9 Å². The van der Waals surface area contributed by atoms with E-state index in [4.69, 9.17) is 17.3 Å². The second kappa shape index (κ2) is 4.84. The van der Waals surface area contributed by atoms with Gasteiger partial charge in [-0.2, -0.15) is 4.98 Å². The van der Waals surface area contributed by atoms with E-state index in [1.165, 1.54) is 12.3 Å². The molecule has 1 aromatic heterocycles. The van der Waals surface area contributed by atoms with Crippen LogP contribution in [-0.2, 0) is 9.84 Å². The number of anilines is 2. The van der Waals surface area contributed by atoms with E-state index >= 15 is 0 Å². The first-order valence-corrected chi connectivity index (χ1v) is 6.91. The lowest BCUT2D eigenvalue weighted by atomic mass is 10.5. The van der Waals surface area contributed by atoms with E-state index in [2.05, 4.69) is 9.97 Å². The molecule has 0 aliphatic carbocycles. The summed E-state index contributed by atoms with van der Waals surface area (Å²) in [6.45, 7) is 0.325. The Labute approximate surface area is 99.4 Å². The Hall–Kier alpha value is -1.08. The molecule has 0 bridgehead atoms. The molecule has 1 aromatic rings. The summed E-state index contributed by atoms with van der Waals surface area (Å²) in [5, 5.41) is 0.230. The monoisotopic (exact) mass is 264 g/mol. The molecular weight excluding hydrogens is 252 g/mol. The maximum Gasteiger partial charge on any atom is 0.223 e. The molecule has 0 atom stereocenters. The van der Waals surface area contributed by atoms with E-state index in [0.29, 0.717) is 12.4 Å². The fraction of sp³-hybridized carbons (Fsp3) is 0.500. The van der Waals surface area contributed by atoms with Gasteiger partial charge in [0.05, 0.1) is 5.75 Å². The van der Waals surface area contributed by atoms with Crippen LogP contribution in [0.25, 0.3) is 0 Å². The summed E-state index contributed by atoms with van der Waals surface area (Å²) in [5.41, 5.74) is 5.43. The van der Waals surface area contributed by atoms with Crippen molar-refractivity contribution in [2.75, 3.05) is 36.2 Å². The molecule has 90 valence electrons. The van der Waals surface area contributed by atoms with Crippen LogP contribution >= 0.6 is 11.6 Å². The first-order valence-electron chi connectivity index (χ1n) is 4.47. The number of nitrogens with zero attached hydrogens (tertiary/aromatic N) is 3. The Morgan fingerprint density at radius 3 is 2.62 bits per heavy atom. The molecule has 0 aliphatic heterocycles. The summed E-state index contributed by atoms with van der Waals surface area (Å²) >= 11 is 5.71. The number of hydrogen-bond donors (Lipinski definition) is 1. The third kappa shape index (κ3) is 4.19. The van der Waals surface area contributed by atoms with Crippen LogP contribution in [0.4, 0.5) is 11.8 Å². The molecule has 0 saturated heterocycles. The second-order valence-corrected chi connectivity index (χ2v) is 6.11. The molecule has 0 aliphatic rings. The zero-order chi connectivity index (χ0) is 12.3. The first-order chi connectivity index (χ1) is 7.28. The maximum atomic E-state index is 11.0. The largest absolute Gasteiger partial charge is 0.368 e. The highest BCUT2D eigenvalue weighted by atomic mass is 35.5. The van der Waals surface area contributed by atoms with Crippen molar-refractivity contribution in [1.82, 2.24) is 9.97 Å². The Balaban J connectivity index is 2.76. The minimum absolute atomic E-state index is 0.0467. The van der Waals surface area contributed by atoms with Crippen LogP contribution in [0, 0.1) is 0 Å². The van der Waals surface area contributed by atoms with E-state index < -0.39 is 9.84 Å². The van der Waals surface area contributed by atoms with Crippen molar-refractivity contribution < 1.29 is 8.42 Å². The third-order valence-corrected chi connectivity index (χ3v) is 3.01. The molecule has 16 heavy (non-hydrogen) atoms. The highest BCUT2D eigenvalue weighted by molar-refractivity contribution is 7.90. The van der Waals surface area contributed by atoms with E-state index in [1.807, 2.05) is 0 Å². The lowest BCUT2D eigenvalue weighted by Gasteiger charge is -2.17. The minimum Gasteiger partial charge on any atom is -0.368 e. The van der Waals surface area contributed by atoms with Gasteiger partial charge in [0, 0.05) is 25.9 Å². The summed E-state index contributed by atoms with van der Waals surface area (Å²) < 4.78 is 22.0. The molecule has 0 saturated carbocycles. The number of nitrogens with two attached hydrogens (primary N) is 1. The Kier molecular flexibility index (Phi) is 3.93. The fourth-order valence-electron chi connectivity index (χ4n) is 1.04. The maximum absolute atomic E-state index is 11.0. The number of halogens is 1. The topological polar surface area (TPSA) is 89.2 Å². The average molecular weight is 265 g/mol. The van der Waals surface area contributed by atoms with Crippen LogP contribution in [0.3, 0.4) is 0 Å². The van der Waals surface area contributed by atoms with Gasteiger partial charge in [0.15, 0.2) is 0 Å². The molecular formula is C8H13ClN4O2S. The van der Waals surface area contributed by atoms with E-state index in [9.17, 15) is 8.42 Å². The fourth-order valence-corrected chi connectivity index (χ4v) is 1.83. The van der Waals surface area contributed by atoms with Gasteiger partial charge in [-0.1, -0.05) is 11.6 Å². The lowest BCUT2D eigenvalue weighted by molar-refractivity contribution is 0.601. The number of sulfone groups is 1. The summed E-state index contributed by atoms with van der Waals surface area (Å²) in [6.07, 6.45) is 1.18. The first kappa shape index (κ1) is 13.0. The van der Waals surface area contributed by atoms with Gasteiger partial charge >= 0.3 is 0 Å². The molecule has 8 heteroatoms. The number of aromatic nitrogens is 2. The average Bonchev–Trinajstić information content (AvgIpc) is 2.11. The van der Waals surface area contributed by atoms with Gasteiger partial charge < -0.3 is 10.6 Å². The van der Waals surface area contributed by atoms with Gasteiger partial charge in [0.25, 0.3) is 0 Å². The van der Waals surface area contributed by atoms with Gasteiger partial charge in [-0.3, -0.25) is 0 Å². The van der Waals surface area contributed by atoms with Crippen LogP contribution in [0.2, 0.25) is 5.15 Å². The molecule has 0 fully saturated rings. The highest BCUT2D eigenvalue weighted by Gasteiger charge is 2.09. The molecule has 0 aromatic carbocycles. The Bertz CT molecular complexity index is 457. The molecule has 2 N–H and O–H groups in total. The van der Waals surface area contributed by atoms with Crippen molar-refractivity contribution in [3.05, 3.63) is 11.2 Å². The van der Waals surface area contributed by atoms with E-state index in [-0.39, 0.29) is 16.9 Å². The Morgan fingerprint density at radius 1 is 1.50 bits per heavy atom.